The van der Waals surface area contributed by atoms with Crippen LogP contribution in [0.3, 0.4) is 0 Å². The number of hydrogen-bond acceptors (Lipinski definition) is 0. The molecule has 0 bridgehead atoms. The summed E-state index contributed by atoms with van der Waals surface area (Å²) in [4.78, 5) is 0. The summed E-state index contributed by atoms with van der Waals surface area (Å²) < 4.78 is 2.30. The molecular weight excluding hydrogens is 182 g/mol. The average Bonchev–Trinajstić information content (AvgIpc) is 2.63. The Balaban J connectivity index is 2.62. The van der Waals surface area contributed by atoms with Crippen molar-refractivity contribution >= 4 is 21.8 Å². The Morgan fingerprint density at radius 2 is 1.53 bits per heavy atom. The summed E-state index contributed by atoms with van der Waals surface area (Å²) in [6.07, 6.45) is 0. The second-order valence-corrected chi connectivity index (χ2v) is 3.60. The Labute approximate surface area is 88.9 Å². The molecule has 0 spiro atoms. The average molecular weight is 193 g/mol. The quantitative estimate of drug-likeness (QED) is 0.558. The maximum atomic E-state index is 3.30. The molecular formula is C14H11N. The summed E-state index contributed by atoms with van der Waals surface area (Å²) in [6.45, 7) is 3.15. The van der Waals surface area contributed by atoms with E-state index in [0.717, 1.165) is 6.54 Å². The highest BCUT2D eigenvalue weighted by molar-refractivity contribution is 6.07. The van der Waals surface area contributed by atoms with Crippen LogP contribution in [0.5, 0.6) is 0 Å². The Hall–Kier alpha value is -1.76. The Bertz CT molecular complexity index is 566. The second-order valence-electron chi connectivity index (χ2n) is 3.60. The minimum absolute atomic E-state index is 0.982. The van der Waals surface area contributed by atoms with Crippen LogP contribution in [0.4, 0.5) is 0 Å². The van der Waals surface area contributed by atoms with Crippen molar-refractivity contribution in [2.75, 3.05) is 0 Å². The van der Waals surface area contributed by atoms with E-state index in [1.807, 2.05) is 24.3 Å². The summed E-state index contributed by atoms with van der Waals surface area (Å²) in [7, 11) is 0. The van der Waals surface area contributed by atoms with Crippen molar-refractivity contribution in [2.45, 2.75) is 13.5 Å². The van der Waals surface area contributed by atoms with E-state index in [1.165, 1.54) is 21.8 Å². The van der Waals surface area contributed by atoms with Gasteiger partial charge in [-0.05, 0) is 31.2 Å². The normalized spacial score (nSPS) is 11.3. The summed E-state index contributed by atoms with van der Waals surface area (Å²) in [5.41, 5.74) is 2.50. The third-order valence-electron chi connectivity index (χ3n) is 2.82. The van der Waals surface area contributed by atoms with E-state index in [-0.39, 0.29) is 0 Å². The first-order chi connectivity index (χ1) is 7.42. The SMILES string of the molecule is CCn1c2ccc[c]c2c2[c]cccc21. The van der Waals surface area contributed by atoms with E-state index in [2.05, 4.69) is 35.8 Å². The van der Waals surface area contributed by atoms with Crippen LogP contribution in [-0.2, 0) is 6.54 Å². The molecule has 1 aromatic heterocycles. The number of nitrogens with zero attached hydrogens (tertiary/aromatic N) is 1. The lowest BCUT2D eigenvalue weighted by Crippen LogP contribution is -1.92. The Morgan fingerprint density at radius 1 is 1.00 bits per heavy atom. The molecule has 1 nitrogen and oxygen atoms in total. The number of hydrogen-bond donors (Lipinski definition) is 0. The molecule has 0 fully saturated rings. The molecule has 0 N–H and O–H groups in total. The first-order valence-corrected chi connectivity index (χ1v) is 5.21. The van der Waals surface area contributed by atoms with Crippen LogP contribution in [0.2, 0.25) is 0 Å². The number of rotatable bonds is 1. The van der Waals surface area contributed by atoms with Crippen LogP contribution < -0.4 is 0 Å². The maximum absolute atomic E-state index is 3.30. The van der Waals surface area contributed by atoms with Crippen molar-refractivity contribution in [1.82, 2.24) is 4.57 Å². The summed E-state index contributed by atoms with van der Waals surface area (Å²) >= 11 is 0. The van der Waals surface area contributed by atoms with Gasteiger partial charge in [0, 0.05) is 28.4 Å². The molecule has 2 radical (unpaired) electrons. The molecule has 3 rings (SSSR count). The number of aryl methyl sites for hydroxylation is 1. The predicted octanol–water partition coefficient (Wildman–Crippen LogP) is 3.41. The van der Waals surface area contributed by atoms with Gasteiger partial charge in [-0.2, -0.15) is 0 Å². The van der Waals surface area contributed by atoms with Crippen molar-refractivity contribution in [1.29, 1.82) is 0 Å². The molecule has 0 saturated carbocycles. The topological polar surface area (TPSA) is 4.93 Å². The molecule has 0 atom stereocenters. The monoisotopic (exact) mass is 193 g/mol. The van der Waals surface area contributed by atoms with Gasteiger partial charge in [0.1, 0.15) is 0 Å². The van der Waals surface area contributed by atoms with Gasteiger partial charge < -0.3 is 4.57 Å². The van der Waals surface area contributed by atoms with Gasteiger partial charge in [0.05, 0.1) is 0 Å². The highest BCUT2D eigenvalue weighted by atomic mass is 15.0. The minimum atomic E-state index is 0.982. The zero-order chi connectivity index (χ0) is 10.3. The van der Waals surface area contributed by atoms with Crippen molar-refractivity contribution in [3.63, 3.8) is 0 Å². The van der Waals surface area contributed by atoms with Crippen LogP contribution >= 0.6 is 0 Å². The summed E-state index contributed by atoms with van der Waals surface area (Å²) in [6, 6.07) is 18.9. The van der Waals surface area contributed by atoms with Gasteiger partial charge in [-0.3, -0.25) is 0 Å². The molecule has 15 heavy (non-hydrogen) atoms. The molecule has 0 aliphatic heterocycles. The molecule has 1 heteroatoms. The van der Waals surface area contributed by atoms with Crippen LogP contribution in [0.15, 0.2) is 36.4 Å². The molecule has 0 unspecified atom stereocenters. The zero-order valence-electron chi connectivity index (χ0n) is 8.62. The molecule has 0 amide bonds. The highest BCUT2D eigenvalue weighted by Crippen LogP contribution is 2.27. The third-order valence-corrected chi connectivity index (χ3v) is 2.82. The second kappa shape index (κ2) is 3.13. The molecule has 0 aliphatic rings. The van der Waals surface area contributed by atoms with Crippen molar-refractivity contribution in [3.8, 4) is 0 Å². The van der Waals surface area contributed by atoms with Crippen LogP contribution in [0.25, 0.3) is 21.8 Å². The highest BCUT2D eigenvalue weighted by Gasteiger charge is 2.07. The number of benzene rings is 2. The first-order valence-electron chi connectivity index (χ1n) is 5.21. The fourth-order valence-electron chi connectivity index (χ4n) is 2.18. The van der Waals surface area contributed by atoms with Crippen LogP contribution in [0.1, 0.15) is 6.92 Å². The standard InChI is InChI=1S/C14H11N/c1-2-15-13-9-5-3-7-11(13)12-8-4-6-10-14(12)15/h3-6,9-10H,2H2,1H3. The molecule has 2 aromatic carbocycles. The largest absolute Gasteiger partial charge is 0.341 e. The molecule has 3 aromatic rings. The number of aromatic nitrogens is 1. The summed E-state index contributed by atoms with van der Waals surface area (Å²) in [5.74, 6) is 0. The van der Waals surface area contributed by atoms with Crippen molar-refractivity contribution in [2.24, 2.45) is 0 Å². The van der Waals surface area contributed by atoms with E-state index in [1.54, 1.807) is 0 Å². The molecule has 1 heterocycles. The number of fused-ring (bicyclic) bond motifs is 3. The Kier molecular flexibility index (Phi) is 1.78. The fourth-order valence-corrected chi connectivity index (χ4v) is 2.18. The van der Waals surface area contributed by atoms with Gasteiger partial charge >= 0.3 is 0 Å². The van der Waals surface area contributed by atoms with Gasteiger partial charge in [0.15, 0.2) is 0 Å². The first kappa shape index (κ1) is 8.54. The van der Waals surface area contributed by atoms with Gasteiger partial charge in [-0.1, -0.05) is 24.3 Å². The van der Waals surface area contributed by atoms with E-state index >= 15 is 0 Å². The lowest BCUT2D eigenvalue weighted by Gasteiger charge is -2.01. The summed E-state index contributed by atoms with van der Waals surface area (Å²) in [5, 5.41) is 2.35. The van der Waals surface area contributed by atoms with E-state index < -0.39 is 0 Å². The van der Waals surface area contributed by atoms with Crippen LogP contribution in [-0.4, -0.2) is 4.57 Å². The maximum Gasteiger partial charge on any atom is 0.0497 e. The van der Waals surface area contributed by atoms with Crippen LogP contribution in [0, 0.1) is 12.1 Å². The zero-order valence-corrected chi connectivity index (χ0v) is 8.62. The third kappa shape index (κ3) is 1.09. The van der Waals surface area contributed by atoms with Gasteiger partial charge in [0.25, 0.3) is 0 Å². The van der Waals surface area contributed by atoms with E-state index in [0.29, 0.717) is 0 Å². The smallest absolute Gasteiger partial charge is 0.0497 e. The lowest BCUT2D eigenvalue weighted by molar-refractivity contribution is 0.827. The minimum Gasteiger partial charge on any atom is -0.341 e. The molecule has 0 saturated heterocycles. The van der Waals surface area contributed by atoms with Gasteiger partial charge in [0.2, 0.25) is 0 Å². The van der Waals surface area contributed by atoms with E-state index in [4.69, 9.17) is 0 Å². The molecule has 0 aliphatic carbocycles. The Morgan fingerprint density at radius 3 is 2.00 bits per heavy atom. The van der Waals surface area contributed by atoms with Gasteiger partial charge in [-0.15, -0.1) is 0 Å². The van der Waals surface area contributed by atoms with Crippen molar-refractivity contribution in [3.05, 3.63) is 48.5 Å². The van der Waals surface area contributed by atoms with E-state index in [9.17, 15) is 0 Å². The lowest BCUT2D eigenvalue weighted by atomic mass is 10.2. The van der Waals surface area contributed by atoms with Gasteiger partial charge in [-0.25, -0.2) is 0 Å². The van der Waals surface area contributed by atoms with Crippen molar-refractivity contribution < 1.29 is 0 Å². The predicted molar refractivity (Wildman–Crippen MR) is 62.8 cm³/mol. The fraction of sp³-hybridized carbons (Fsp3) is 0.143. The molecule has 72 valence electrons.